The number of aryl methyl sites for hydroxylation is 1. The van der Waals surface area contributed by atoms with E-state index < -0.39 is 0 Å². The van der Waals surface area contributed by atoms with Gasteiger partial charge in [-0.05, 0) is 48.9 Å². The Morgan fingerprint density at radius 3 is 2.62 bits per heavy atom. The van der Waals surface area contributed by atoms with E-state index in [1.807, 2.05) is 6.08 Å². The van der Waals surface area contributed by atoms with Crippen molar-refractivity contribution in [3.63, 3.8) is 0 Å². The molecular weight excluding hydrogens is 320 g/mol. The molecule has 1 atom stereocenters. The quantitative estimate of drug-likeness (QED) is 0.596. The van der Waals surface area contributed by atoms with Crippen LogP contribution in [0.1, 0.15) is 43.5 Å². The maximum Gasteiger partial charge on any atom is 0.0670 e. The van der Waals surface area contributed by atoms with E-state index in [4.69, 9.17) is 0 Å². The SMILES string of the molecule is C=CCCC(O)CN(Cc1cccn1Cc1ccccc1C)CC(C)C. The molecule has 0 aliphatic heterocycles. The van der Waals surface area contributed by atoms with Gasteiger partial charge in [-0.2, -0.15) is 0 Å². The van der Waals surface area contributed by atoms with E-state index in [-0.39, 0.29) is 6.10 Å². The van der Waals surface area contributed by atoms with E-state index in [9.17, 15) is 5.11 Å². The summed E-state index contributed by atoms with van der Waals surface area (Å²) in [7, 11) is 0. The molecule has 3 nitrogen and oxygen atoms in total. The minimum absolute atomic E-state index is 0.300. The van der Waals surface area contributed by atoms with E-state index in [2.05, 4.69) is 79.4 Å². The number of aliphatic hydroxyl groups is 1. The highest BCUT2D eigenvalue weighted by atomic mass is 16.3. The number of aliphatic hydroxyl groups excluding tert-OH is 1. The second kappa shape index (κ2) is 10.3. The summed E-state index contributed by atoms with van der Waals surface area (Å²) in [6.45, 7) is 13.8. The van der Waals surface area contributed by atoms with Crippen molar-refractivity contribution in [3.05, 3.63) is 72.1 Å². The van der Waals surface area contributed by atoms with Gasteiger partial charge >= 0.3 is 0 Å². The fourth-order valence-corrected chi connectivity index (χ4v) is 3.37. The van der Waals surface area contributed by atoms with Gasteiger partial charge in [-0.1, -0.05) is 44.2 Å². The van der Waals surface area contributed by atoms with E-state index in [1.165, 1.54) is 16.8 Å². The third-order valence-electron chi connectivity index (χ3n) is 4.71. The highest BCUT2D eigenvalue weighted by Crippen LogP contribution is 2.15. The molecule has 3 heteroatoms. The summed E-state index contributed by atoms with van der Waals surface area (Å²) in [5, 5.41) is 10.3. The first kappa shape index (κ1) is 20.5. The van der Waals surface area contributed by atoms with Crippen molar-refractivity contribution in [2.24, 2.45) is 5.92 Å². The first-order valence-electron chi connectivity index (χ1n) is 9.69. The number of hydrogen-bond acceptors (Lipinski definition) is 2. The molecule has 1 aromatic heterocycles. The average Bonchev–Trinajstić information content (AvgIpc) is 3.01. The normalized spacial score (nSPS) is 12.7. The molecule has 1 unspecified atom stereocenters. The Balaban J connectivity index is 2.07. The van der Waals surface area contributed by atoms with Gasteiger partial charge in [0.25, 0.3) is 0 Å². The zero-order valence-electron chi connectivity index (χ0n) is 16.6. The number of nitrogens with zero attached hydrogens (tertiary/aromatic N) is 2. The molecule has 1 N–H and O–H groups in total. The smallest absolute Gasteiger partial charge is 0.0670 e. The Kier molecular flexibility index (Phi) is 8.14. The molecule has 0 amide bonds. The molecule has 0 aliphatic carbocycles. The predicted octanol–water partition coefficient (Wildman–Crippen LogP) is 4.63. The first-order chi connectivity index (χ1) is 12.5. The monoisotopic (exact) mass is 354 g/mol. The number of allylic oxidation sites excluding steroid dienone is 1. The Morgan fingerprint density at radius 2 is 1.92 bits per heavy atom. The Bertz CT molecular complexity index is 674. The van der Waals surface area contributed by atoms with Crippen LogP contribution in [0.3, 0.4) is 0 Å². The van der Waals surface area contributed by atoms with Crippen LogP contribution in [0.4, 0.5) is 0 Å². The third kappa shape index (κ3) is 6.47. The molecule has 0 radical (unpaired) electrons. The third-order valence-corrected chi connectivity index (χ3v) is 4.71. The lowest BCUT2D eigenvalue weighted by atomic mass is 10.1. The lowest BCUT2D eigenvalue weighted by molar-refractivity contribution is 0.0944. The topological polar surface area (TPSA) is 28.4 Å². The number of aromatic nitrogens is 1. The second-order valence-corrected chi connectivity index (χ2v) is 7.66. The molecular formula is C23H34N2O. The van der Waals surface area contributed by atoms with Gasteiger partial charge in [0.2, 0.25) is 0 Å². The fraction of sp³-hybridized carbons (Fsp3) is 0.478. The summed E-state index contributed by atoms with van der Waals surface area (Å²) in [6, 6.07) is 12.9. The van der Waals surface area contributed by atoms with Crippen LogP contribution < -0.4 is 0 Å². The minimum atomic E-state index is -0.300. The molecule has 0 bridgehead atoms. The van der Waals surface area contributed by atoms with Gasteiger partial charge in [0.1, 0.15) is 0 Å². The lowest BCUT2D eigenvalue weighted by Gasteiger charge is -2.27. The van der Waals surface area contributed by atoms with E-state index in [0.717, 1.165) is 32.5 Å². The van der Waals surface area contributed by atoms with Gasteiger partial charge in [-0.25, -0.2) is 0 Å². The van der Waals surface area contributed by atoms with Crippen LogP contribution in [0.15, 0.2) is 55.3 Å². The fourth-order valence-electron chi connectivity index (χ4n) is 3.37. The maximum absolute atomic E-state index is 10.3. The Hall–Kier alpha value is -1.84. The molecule has 1 heterocycles. The largest absolute Gasteiger partial charge is 0.392 e. The van der Waals surface area contributed by atoms with Crippen molar-refractivity contribution >= 4 is 0 Å². The molecule has 0 spiro atoms. The molecule has 142 valence electrons. The summed E-state index contributed by atoms with van der Waals surface area (Å²) >= 11 is 0. The van der Waals surface area contributed by atoms with E-state index >= 15 is 0 Å². The molecule has 1 aromatic carbocycles. The van der Waals surface area contributed by atoms with Gasteiger partial charge in [-0.15, -0.1) is 6.58 Å². The van der Waals surface area contributed by atoms with Gasteiger partial charge in [0, 0.05) is 38.1 Å². The summed E-state index contributed by atoms with van der Waals surface area (Å²) in [5.74, 6) is 0.571. The van der Waals surface area contributed by atoms with E-state index in [0.29, 0.717) is 12.5 Å². The summed E-state index contributed by atoms with van der Waals surface area (Å²) in [4.78, 5) is 2.38. The van der Waals surface area contributed by atoms with Crippen LogP contribution >= 0.6 is 0 Å². The minimum Gasteiger partial charge on any atom is -0.392 e. The standard InChI is InChI=1S/C23H34N2O/c1-5-6-13-23(26)18-24(15-19(2)3)17-22-12-9-14-25(22)16-21-11-8-7-10-20(21)4/h5,7-12,14,19,23,26H,1,6,13,15-18H2,2-4H3. The van der Waals surface area contributed by atoms with Crippen molar-refractivity contribution < 1.29 is 5.11 Å². The van der Waals surface area contributed by atoms with Crippen LogP contribution in [-0.4, -0.2) is 33.8 Å². The summed E-state index contributed by atoms with van der Waals surface area (Å²) < 4.78 is 2.33. The number of hydrogen-bond donors (Lipinski definition) is 1. The molecule has 26 heavy (non-hydrogen) atoms. The van der Waals surface area contributed by atoms with Gasteiger partial charge < -0.3 is 9.67 Å². The number of benzene rings is 1. The summed E-state index contributed by atoms with van der Waals surface area (Å²) in [5.41, 5.74) is 3.97. The second-order valence-electron chi connectivity index (χ2n) is 7.66. The Labute approximate surface area is 159 Å². The first-order valence-corrected chi connectivity index (χ1v) is 9.69. The van der Waals surface area contributed by atoms with E-state index in [1.54, 1.807) is 0 Å². The highest BCUT2D eigenvalue weighted by molar-refractivity contribution is 5.26. The van der Waals surface area contributed by atoms with Gasteiger partial charge in [-0.3, -0.25) is 4.90 Å². The molecule has 0 saturated carbocycles. The zero-order chi connectivity index (χ0) is 18.9. The van der Waals surface area contributed by atoms with Crippen LogP contribution in [-0.2, 0) is 13.1 Å². The van der Waals surface area contributed by atoms with Crippen LogP contribution in [0.2, 0.25) is 0 Å². The zero-order valence-corrected chi connectivity index (χ0v) is 16.6. The van der Waals surface area contributed by atoms with Crippen LogP contribution in [0.25, 0.3) is 0 Å². The van der Waals surface area contributed by atoms with Crippen molar-refractivity contribution in [1.82, 2.24) is 9.47 Å². The van der Waals surface area contributed by atoms with Crippen molar-refractivity contribution in [3.8, 4) is 0 Å². The average molecular weight is 355 g/mol. The van der Waals surface area contributed by atoms with Crippen molar-refractivity contribution in [1.29, 1.82) is 0 Å². The molecule has 2 rings (SSSR count). The van der Waals surface area contributed by atoms with Crippen LogP contribution in [0.5, 0.6) is 0 Å². The molecule has 0 aliphatic rings. The van der Waals surface area contributed by atoms with Crippen LogP contribution in [0, 0.1) is 12.8 Å². The maximum atomic E-state index is 10.3. The number of rotatable bonds is 11. The lowest BCUT2D eigenvalue weighted by Crippen LogP contribution is -2.35. The Morgan fingerprint density at radius 1 is 1.15 bits per heavy atom. The highest BCUT2D eigenvalue weighted by Gasteiger charge is 2.15. The predicted molar refractivity (Wildman–Crippen MR) is 110 cm³/mol. The summed E-state index contributed by atoms with van der Waals surface area (Å²) in [6.07, 6.45) is 5.38. The molecule has 0 fully saturated rings. The molecule has 0 saturated heterocycles. The van der Waals surface area contributed by atoms with Gasteiger partial charge in [0.15, 0.2) is 0 Å². The van der Waals surface area contributed by atoms with Crippen molar-refractivity contribution in [2.45, 2.75) is 52.8 Å². The molecule has 2 aromatic rings. The van der Waals surface area contributed by atoms with Crippen molar-refractivity contribution in [2.75, 3.05) is 13.1 Å². The van der Waals surface area contributed by atoms with Gasteiger partial charge in [0.05, 0.1) is 6.10 Å².